The van der Waals surface area contributed by atoms with Crippen LogP contribution in [0.25, 0.3) is 0 Å². The average molecular weight is 183 g/mol. The minimum atomic E-state index is -1.15. The Labute approximate surface area is 75.6 Å². The number of aromatic nitrogens is 4. The summed E-state index contributed by atoms with van der Waals surface area (Å²) in [6, 6.07) is -0.769. The van der Waals surface area contributed by atoms with Gasteiger partial charge in [-0.1, -0.05) is 13.8 Å². The van der Waals surface area contributed by atoms with Gasteiger partial charge in [0.2, 0.25) is 0 Å². The molecule has 0 fully saturated rings. The van der Waals surface area contributed by atoms with Gasteiger partial charge in [0, 0.05) is 0 Å². The molecule has 0 saturated heterocycles. The van der Waals surface area contributed by atoms with Crippen LogP contribution in [-0.2, 0) is 4.79 Å². The Hall–Kier alpha value is -1.46. The van der Waals surface area contributed by atoms with E-state index in [2.05, 4.69) is 15.5 Å². The van der Waals surface area contributed by atoms with Crippen LogP contribution in [0, 0.1) is 5.92 Å². The second-order valence-corrected chi connectivity index (χ2v) is 3.25. The zero-order valence-corrected chi connectivity index (χ0v) is 7.54. The quantitative estimate of drug-likeness (QED) is 0.598. The number of carbonyl (C=O) groups is 1. The Morgan fingerprint density at radius 1 is 1.62 bits per heavy atom. The number of aliphatic carboxylic acids is 1. The number of hydrogen-bond donors (Lipinski definition) is 0. The van der Waals surface area contributed by atoms with Gasteiger partial charge < -0.3 is 9.90 Å². The molecule has 1 aromatic rings. The van der Waals surface area contributed by atoms with Crippen molar-refractivity contribution in [2.45, 2.75) is 26.3 Å². The zero-order valence-electron chi connectivity index (χ0n) is 7.54. The number of nitrogens with zero attached hydrogens (tertiary/aromatic N) is 4. The summed E-state index contributed by atoms with van der Waals surface area (Å²) < 4.78 is 1.20. The van der Waals surface area contributed by atoms with E-state index in [1.54, 1.807) is 0 Å². The number of hydrogen-bond acceptors (Lipinski definition) is 5. The third-order valence-electron chi connectivity index (χ3n) is 1.65. The van der Waals surface area contributed by atoms with Crippen LogP contribution in [0.4, 0.5) is 0 Å². The Bertz CT molecular complexity index is 270. The molecule has 6 nitrogen and oxygen atoms in total. The minimum absolute atomic E-state index is 0.257. The van der Waals surface area contributed by atoms with Crippen LogP contribution >= 0.6 is 0 Å². The van der Waals surface area contributed by atoms with Gasteiger partial charge in [-0.3, -0.25) is 0 Å². The molecule has 0 bridgehead atoms. The maximum Gasteiger partial charge on any atom is 0.138 e. The highest BCUT2D eigenvalue weighted by Gasteiger charge is 2.14. The van der Waals surface area contributed by atoms with Crippen LogP contribution in [0.1, 0.15) is 26.3 Å². The molecule has 0 aliphatic heterocycles. The molecule has 1 heterocycles. The lowest BCUT2D eigenvalue weighted by atomic mass is 10.0. The molecule has 0 N–H and O–H groups in total. The third-order valence-corrected chi connectivity index (χ3v) is 1.65. The van der Waals surface area contributed by atoms with Gasteiger partial charge in [-0.05, 0) is 22.8 Å². The smallest absolute Gasteiger partial charge is 0.138 e. The highest BCUT2D eigenvalue weighted by atomic mass is 16.4. The first-order valence-corrected chi connectivity index (χ1v) is 4.04. The van der Waals surface area contributed by atoms with E-state index in [0.29, 0.717) is 6.42 Å². The predicted octanol–water partition coefficient (Wildman–Crippen LogP) is -0.990. The largest absolute Gasteiger partial charge is 0.548 e. The van der Waals surface area contributed by atoms with E-state index in [1.165, 1.54) is 11.0 Å². The van der Waals surface area contributed by atoms with Crippen LogP contribution in [0.2, 0.25) is 0 Å². The van der Waals surface area contributed by atoms with Gasteiger partial charge in [0.25, 0.3) is 0 Å². The van der Waals surface area contributed by atoms with E-state index in [9.17, 15) is 9.90 Å². The van der Waals surface area contributed by atoms with Gasteiger partial charge >= 0.3 is 0 Å². The molecule has 0 aliphatic rings. The highest BCUT2D eigenvalue weighted by molar-refractivity contribution is 5.69. The molecule has 13 heavy (non-hydrogen) atoms. The predicted molar refractivity (Wildman–Crippen MR) is 41.3 cm³/mol. The number of rotatable bonds is 4. The molecule has 0 saturated carbocycles. The molecular weight excluding hydrogens is 172 g/mol. The van der Waals surface area contributed by atoms with E-state index in [1.807, 2.05) is 13.8 Å². The molecule has 0 aromatic carbocycles. The Morgan fingerprint density at radius 2 is 2.31 bits per heavy atom. The molecule has 1 aromatic heterocycles. The van der Waals surface area contributed by atoms with Crippen LogP contribution in [0.15, 0.2) is 6.33 Å². The summed E-state index contributed by atoms with van der Waals surface area (Å²) in [6.07, 6.45) is 1.75. The van der Waals surface area contributed by atoms with Crippen molar-refractivity contribution in [1.29, 1.82) is 0 Å². The molecule has 0 radical (unpaired) electrons. The van der Waals surface area contributed by atoms with Gasteiger partial charge in [0.05, 0.1) is 12.0 Å². The summed E-state index contributed by atoms with van der Waals surface area (Å²) in [6.45, 7) is 3.86. The summed E-state index contributed by atoms with van der Waals surface area (Å²) in [5.41, 5.74) is 0. The van der Waals surface area contributed by atoms with E-state index in [0.717, 1.165) is 0 Å². The lowest BCUT2D eigenvalue weighted by molar-refractivity contribution is -0.311. The maximum absolute atomic E-state index is 10.7. The fourth-order valence-corrected chi connectivity index (χ4v) is 1.07. The van der Waals surface area contributed by atoms with Crippen molar-refractivity contribution >= 4 is 5.97 Å². The molecule has 0 aliphatic carbocycles. The van der Waals surface area contributed by atoms with Crippen LogP contribution in [0.5, 0.6) is 0 Å². The van der Waals surface area contributed by atoms with E-state index >= 15 is 0 Å². The van der Waals surface area contributed by atoms with E-state index in [-0.39, 0.29) is 5.92 Å². The molecule has 72 valence electrons. The van der Waals surface area contributed by atoms with Crippen molar-refractivity contribution < 1.29 is 9.90 Å². The Kier molecular flexibility index (Phi) is 2.94. The number of tetrazole rings is 1. The van der Waals surface area contributed by atoms with Gasteiger partial charge in [-0.25, -0.2) is 4.68 Å². The highest BCUT2D eigenvalue weighted by Crippen LogP contribution is 2.14. The van der Waals surface area contributed by atoms with Crippen molar-refractivity contribution in [3.8, 4) is 0 Å². The minimum Gasteiger partial charge on any atom is -0.548 e. The normalized spacial score (nSPS) is 13.2. The van der Waals surface area contributed by atoms with E-state index < -0.39 is 12.0 Å². The lowest BCUT2D eigenvalue weighted by Crippen LogP contribution is -2.34. The molecule has 1 rings (SSSR count). The SMILES string of the molecule is CC(C)C[C@H](C(=O)[O-])n1cnnn1. The monoisotopic (exact) mass is 183 g/mol. The topological polar surface area (TPSA) is 83.7 Å². The average Bonchev–Trinajstić information content (AvgIpc) is 2.50. The molecule has 0 spiro atoms. The lowest BCUT2D eigenvalue weighted by Gasteiger charge is -2.18. The molecule has 0 amide bonds. The summed E-state index contributed by atoms with van der Waals surface area (Å²) in [7, 11) is 0. The molecule has 0 unspecified atom stereocenters. The van der Waals surface area contributed by atoms with Crippen LogP contribution in [0.3, 0.4) is 0 Å². The summed E-state index contributed by atoms with van der Waals surface area (Å²) in [5, 5.41) is 21.0. The van der Waals surface area contributed by atoms with Crippen LogP contribution < -0.4 is 5.11 Å². The Balaban J connectivity index is 2.75. The van der Waals surface area contributed by atoms with Gasteiger partial charge in [0.1, 0.15) is 6.33 Å². The third kappa shape index (κ3) is 2.50. The zero-order chi connectivity index (χ0) is 9.84. The maximum atomic E-state index is 10.7. The fourth-order valence-electron chi connectivity index (χ4n) is 1.07. The van der Waals surface area contributed by atoms with E-state index in [4.69, 9.17) is 0 Å². The second kappa shape index (κ2) is 3.97. The summed E-state index contributed by atoms with van der Waals surface area (Å²) in [4.78, 5) is 10.7. The van der Waals surface area contributed by atoms with Gasteiger partial charge in [0.15, 0.2) is 0 Å². The van der Waals surface area contributed by atoms with Crippen molar-refractivity contribution in [2.75, 3.05) is 0 Å². The van der Waals surface area contributed by atoms with Gasteiger partial charge in [-0.15, -0.1) is 5.10 Å². The Morgan fingerprint density at radius 3 is 2.69 bits per heavy atom. The van der Waals surface area contributed by atoms with Crippen LogP contribution in [-0.4, -0.2) is 26.2 Å². The molecule has 6 heteroatoms. The molecular formula is C7H11N4O2-. The number of carboxylic acids is 1. The standard InChI is InChI=1S/C7H12N4O2/c1-5(2)3-6(7(12)13)11-4-8-9-10-11/h4-6H,3H2,1-2H3,(H,12,13)/p-1/t6-/m1/s1. The van der Waals surface area contributed by atoms with Crippen molar-refractivity contribution in [3.63, 3.8) is 0 Å². The van der Waals surface area contributed by atoms with Gasteiger partial charge in [-0.2, -0.15) is 0 Å². The van der Waals surface area contributed by atoms with Crippen molar-refractivity contribution in [2.24, 2.45) is 5.92 Å². The first-order valence-electron chi connectivity index (χ1n) is 4.04. The summed E-state index contributed by atoms with van der Waals surface area (Å²) in [5.74, 6) is -0.895. The van der Waals surface area contributed by atoms with Crippen molar-refractivity contribution in [3.05, 3.63) is 6.33 Å². The second-order valence-electron chi connectivity index (χ2n) is 3.25. The molecule has 1 atom stereocenters. The summed E-state index contributed by atoms with van der Waals surface area (Å²) >= 11 is 0. The first kappa shape index (κ1) is 9.63. The number of carboxylic acid groups (broad SMARTS) is 1. The van der Waals surface area contributed by atoms with Crippen molar-refractivity contribution in [1.82, 2.24) is 20.2 Å². The number of carbonyl (C=O) groups excluding carboxylic acids is 1. The first-order chi connectivity index (χ1) is 6.11. The fraction of sp³-hybridized carbons (Fsp3) is 0.714.